The molecule has 27 heavy (non-hydrogen) atoms. The van der Waals surface area contributed by atoms with Crippen LogP contribution in [-0.2, 0) is 20.8 Å². The third kappa shape index (κ3) is 4.70. The molecule has 0 aromatic heterocycles. The van der Waals surface area contributed by atoms with Crippen molar-refractivity contribution in [2.24, 2.45) is 0 Å². The molecule has 0 spiro atoms. The van der Waals surface area contributed by atoms with Crippen LogP contribution in [0.15, 0.2) is 18.2 Å². The first kappa shape index (κ1) is 18.5. The van der Waals surface area contributed by atoms with E-state index in [-0.39, 0.29) is 30.9 Å². The van der Waals surface area contributed by atoms with Crippen molar-refractivity contribution in [2.75, 3.05) is 26.6 Å². The molecule has 0 saturated carbocycles. The largest absolute Gasteiger partial charge is 0.454 e. The zero-order chi connectivity index (χ0) is 18.6. The minimum Gasteiger partial charge on any atom is -0.454 e. The van der Waals surface area contributed by atoms with Gasteiger partial charge in [-0.05, 0) is 30.5 Å². The Morgan fingerprint density at radius 1 is 1.22 bits per heavy atom. The second-order valence-electron chi connectivity index (χ2n) is 7.25. The van der Waals surface area contributed by atoms with Gasteiger partial charge in [-0.1, -0.05) is 6.07 Å². The first-order chi connectivity index (χ1) is 13.2. The number of carbonyl (C=O) groups is 1. The highest BCUT2D eigenvalue weighted by Gasteiger charge is 2.33. The van der Waals surface area contributed by atoms with Gasteiger partial charge in [0.1, 0.15) is 0 Å². The Morgan fingerprint density at radius 2 is 2.11 bits per heavy atom. The van der Waals surface area contributed by atoms with Crippen LogP contribution in [0.4, 0.5) is 0 Å². The van der Waals surface area contributed by atoms with Crippen molar-refractivity contribution in [3.8, 4) is 11.5 Å². The van der Waals surface area contributed by atoms with Crippen LogP contribution in [0.5, 0.6) is 11.5 Å². The summed E-state index contributed by atoms with van der Waals surface area (Å²) in [6.45, 7) is 1.93. The molecule has 0 radical (unpaired) electrons. The van der Waals surface area contributed by atoms with E-state index in [9.17, 15) is 9.90 Å². The molecular formula is C19H26N2O6. The fourth-order valence-corrected chi connectivity index (χ4v) is 3.70. The Morgan fingerprint density at radius 3 is 3.04 bits per heavy atom. The molecule has 1 aromatic rings. The molecule has 8 nitrogen and oxygen atoms in total. The van der Waals surface area contributed by atoms with Gasteiger partial charge in [0.25, 0.3) is 0 Å². The lowest BCUT2D eigenvalue weighted by atomic mass is 9.96. The first-order valence-corrected chi connectivity index (χ1v) is 9.47. The number of rotatable bonds is 4. The van der Waals surface area contributed by atoms with Crippen molar-refractivity contribution in [3.05, 3.63) is 23.8 Å². The van der Waals surface area contributed by atoms with Gasteiger partial charge >= 0.3 is 0 Å². The monoisotopic (exact) mass is 378 g/mol. The standard InChI is InChI=1S/C19H26N2O6/c22-13-8-20-15-3-2-14(27-18(15)10-24-9-13)6-19(23)21-7-12-1-4-16-17(5-12)26-11-25-16/h1,4-5,13-15,18,20,22H,2-3,6-11H2,(H,21,23)/t13-,14-,15+,18-/m0/s1. The minimum absolute atomic E-state index is 0.0359. The zero-order valence-corrected chi connectivity index (χ0v) is 15.2. The molecule has 8 heteroatoms. The highest BCUT2D eigenvalue weighted by molar-refractivity contribution is 5.76. The van der Waals surface area contributed by atoms with Crippen LogP contribution in [0.3, 0.4) is 0 Å². The smallest absolute Gasteiger partial charge is 0.231 e. The molecule has 3 aliphatic heterocycles. The molecule has 0 unspecified atom stereocenters. The van der Waals surface area contributed by atoms with Crippen LogP contribution in [0.25, 0.3) is 0 Å². The Labute approximate surface area is 158 Å². The summed E-state index contributed by atoms with van der Waals surface area (Å²) in [4.78, 5) is 12.3. The van der Waals surface area contributed by atoms with Crippen LogP contribution in [0.2, 0.25) is 0 Å². The Hall–Kier alpha value is -1.87. The van der Waals surface area contributed by atoms with Crippen molar-refractivity contribution < 1.29 is 28.8 Å². The minimum atomic E-state index is -0.481. The predicted octanol–water partition coefficient (Wildman–Crippen LogP) is 0.319. The van der Waals surface area contributed by atoms with E-state index in [1.165, 1.54) is 0 Å². The summed E-state index contributed by atoms with van der Waals surface area (Å²) < 4.78 is 22.2. The molecule has 2 saturated heterocycles. The van der Waals surface area contributed by atoms with Gasteiger partial charge < -0.3 is 34.7 Å². The normalized spacial score (nSPS) is 30.1. The van der Waals surface area contributed by atoms with Gasteiger partial charge in [-0.15, -0.1) is 0 Å². The summed E-state index contributed by atoms with van der Waals surface area (Å²) in [5.74, 6) is 1.41. The highest BCUT2D eigenvalue weighted by Crippen LogP contribution is 2.32. The number of carbonyl (C=O) groups excluding carboxylic acids is 1. The molecule has 4 rings (SSSR count). The number of hydrogen-bond donors (Lipinski definition) is 3. The van der Waals surface area contributed by atoms with Crippen LogP contribution >= 0.6 is 0 Å². The van der Waals surface area contributed by atoms with E-state index in [1.807, 2.05) is 18.2 Å². The average Bonchev–Trinajstić information content (AvgIpc) is 3.12. The van der Waals surface area contributed by atoms with E-state index in [0.717, 1.165) is 24.2 Å². The quantitative estimate of drug-likeness (QED) is 0.694. The van der Waals surface area contributed by atoms with Crippen molar-refractivity contribution in [2.45, 2.75) is 50.2 Å². The molecule has 1 amide bonds. The van der Waals surface area contributed by atoms with Gasteiger partial charge in [0.15, 0.2) is 11.5 Å². The van der Waals surface area contributed by atoms with E-state index in [4.69, 9.17) is 18.9 Å². The summed E-state index contributed by atoms with van der Waals surface area (Å²) >= 11 is 0. The topological polar surface area (TPSA) is 98.3 Å². The lowest BCUT2D eigenvalue weighted by Gasteiger charge is -2.38. The van der Waals surface area contributed by atoms with Gasteiger partial charge in [-0.2, -0.15) is 0 Å². The number of nitrogens with one attached hydrogen (secondary N) is 2. The summed E-state index contributed by atoms with van der Waals surface area (Å²) in [6.07, 6.45) is 1.36. The van der Waals surface area contributed by atoms with E-state index in [2.05, 4.69) is 10.6 Å². The highest BCUT2D eigenvalue weighted by atomic mass is 16.7. The molecule has 1 aromatic carbocycles. The summed E-state index contributed by atoms with van der Waals surface area (Å²) in [7, 11) is 0. The SMILES string of the molecule is O=C(C[C@@H]1CC[C@H]2NC[C@H](O)COC[C@@H]2O1)NCc1ccc2c(c1)OCO2. The lowest BCUT2D eigenvalue weighted by Crippen LogP contribution is -2.53. The van der Waals surface area contributed by atoms with Crippen molar-refractivity contribution >= 4 is 5.91 Å². The second kappa shape index (κ2) is 8.43. The molecule has 0 bridgehead atoms. The van der Waals surface area contributed by atoms with E-state index in [0.29, 0.717) is 38.5 Å². The molecule has 148 valence electrons. The number of aliphatic hydroxyl groups excluding tert-OH is 1. The van der Waals surface area contributed by atoms with Crippen LogP contribution in [-0.4, -0.2) is 61.9 Å². The molecule has 3 aliphatic rings. The Kier molecular flexibility index (Phi) is 5.77. The maximum atomic E-state index is 12.3. The number of hydrogen-bond acceptors (Lipinski definition) is 7. The molecule has 4 atom stereocenters. The van der Waals surface area contributed by atoms with Crippen LogP contribution in [0.1, 0.15) is 24.8 Å². The van der Waals surface area contributed by atoms with Gasteiger partial charge in [0.2, 0.25) is 12.7 Å². The van der Waals surface area contributed by atoms with Gasteiger partial charge in [-0.25, -0.2) is 0 Å². The lowest BCUT2D eigenvalue weighted by molar-refractivity contribution is -0.137. The van der Waals surface area contributed by atoms with Gasteiger partial charge in [0.05, 0.1) is 37.9 Å². The van der Waals surface area contributed by atoms with E-state index in [1.54, 1.807) is 0 Å². The number of benzene rings is 1. The zero-order valence-electron chi connectivity index (χ0n) is 15.2. The maximum Gasteiger partial charge on any atom is 0.231 e. The molecule has 2 fully saturated rings. The molecule has 3 heterocycles. The summed E-state index contributed by atoms with van der Waals surface area (Å²) in [5.41, 5.74) is 0.966. The number of fused-ring (bicyclic) bond motifs is 2. The summed E-state index contributed by atoms with van der Waals surface area (Å²) in [5, 5.41) is 16.0. The van der Waals surface area contributed by atoms with Gasteiger partial charge in [0, 0.05) is 19.1 Å². The Balaban J connectivity index is 1.24. The first-order valence-electron chi connectivity index (χ1n) is 9.47. The van der Waals surface area contributed by atoms with Crippen LogP contribution in [0, 0.1) is 0 Å². The predicted molar refractivity (Wildman–Crippen MR) is 95.5 cm³/mol. The second-order valence-corrected chi connectivity index (χ2v) is 7.25. The third-order valence-electron chi connectivity index (χ3n) is 5.16. The third-order valence-corrected chi connectivity index (χ3v) is 5.16. The Bertz CT molecular complexity index is 670. The molecule has 0 aliphatic carbocycles. The number of amides is 1. The van der Waals surface area contributed by atoms with Crippen molar-refractivity contribution in [1.29, 1.82) is 0 Å². The maximum absolute atomic E-state index is 12.3. The molecule has 3 N–H and O–H groups in total. The number of aliphatic hydroxyl groups is 1. The summed E-state index contributed by atoms with van der Waals surface area (Å²) in [6, 6.07) is 5.82. The van der Waals surface area contributed by atoms with Crippen molar-refractivity contribution in [1.82, 2.24) is 10.6 Å². The average molecular weight is 378 g/mol. The van der Waals surface area contributed by atoms with E-state index >= 15 is 0 Å². The van der Waals surface area contributed by atoms with Gasteiger partial charge in [-0.3, -0.25) is 4.79 Å². The fourth-order valence-electron chi connectivity index (χ4n) is 3.70. The fraction of sp³-hybridized carbons (Fsp3) is 0.632. The van der Waals surface area contributed by atoms with Crippen molar-refractivity contribution in [3.63, 3.8) is 0 Å². The van der Waals surface area contributed by atoms with E-state index < -0.39 is 6.10 Å². The van der Waals surface area contributed by atoms with Crippen LogP contribution < -0.4 is 20.1 Å². The molecular weight excluding hydrogens is 352 g/mol. The number of β-amino-alcohol motifs (C(OH)–C–C–N with tert-alkyl or cyclic N) is 1. The number of ether oxygens (including phenoxy) is 4.